The fraction of sp³-hybridized carbons (Fsp3) is 0.316. The van der Waals surface area contributed by atoms with Crippen LogP contribution in [-0.4, -0.2) is 18.9 Å². The van der Waals surface area contributed by atoms with Crippen molar-refractivity contribution < 1.29 is 9.53 Å². The van der Waals surface area contributed by atoms with Gasteiger partial charge in [-0.15, -0.1) is 0 Å². The van der Waals surface area contributed by atoms with E-state index in [1.165, 1.54) is 5.56 Å². The molecule has 2 rings (SSSR count). The summed E-state index contributed by atoms with van der Waals surface area (Å²) in [5, 5.41) is 3.28. The van der Waals surface area contributed by atoms with Crippen LogP contribution in [0.15, 0.2) is 46.9 Å². The highest BCUT2D eigenvalue weighted by molar-refractivity contribution is 9.10. The van der Waals surface area contributed by atoms with Crippen LogP contribution >= 0.6 is 15.9 Å². The van der Waals surface area contributed by atoms with Gasteiger partial charge in [0.05, 0.1) is 6.61 Å². The molecule has 2 aromatic rings. The van der Waals surface area contributed by atoms with Gasteiger partial charge in [0.25, 0.3) is 0 Å². The van der Waals surface area contributed by atoms with Gasteiger partial charge in [-0.1, -0.05) is 28.9 Å². The second kappa shape index (κ2) is 8.73. The number of carbonyl (C=O) groups is 1. The molecule has 0 saturated heterocycles. The van der Waals surface area contributed by atoms with Gasteiger partial charge in [-0.05, 0) is 55.3 Å². The van der Waals surface area contributed by atoms with Crippen molar-refractivity contribution >= 4 is 27.4 Å². The fourth-order valence-electron chi connectivity index (χ4n) is 2.12. The van der Waals surface area contributed by atoms with E-state index in [2.05, 4.69) is 28.2 Å². The highest BCUT2D eigenvalue weighted by atomic mass is 79.9. The van der Waals surface area contributed by atoms with Crippen LogP contribution in [0.1, 0.15) is 35.7 Å². The van der Waals surface area contributed by atoms with Gasteiger partial charge >= 0.3 is 0 Å². The van der Waals surface area contributed by atoms with Crippen LogP contribution < -0.4 is 10.1 Å². The molecule has 1 N–H and O–H groups in total. The summed E-state index contributed by atoms with van der Waals surface area (Å²) in [6.45, 7) is 5.43. The Hall–Kier alpha value is -1.81. The van der Waals surface area contributed by atoms with E-state index in [1.54, 1.807) is 0 Å². The molecular formula is C19H22BrNO2. The van der Waals surface area contributed by atoms with Crippen LogP contribution in [0.25, 0.3) is 0 Å². The first-order valence-corrected chi connectivity index (χ1v) is 8.65. The van der Waals surface area contributed by atoms with Crippen LogP contribution in [-0.2, 0) is 0 Å². The zero-order chi connectivity index (χ0) is 16.7. The van der Waals surface area contributed by atoms with Gasteiger partial charge < -0.3 is 10.1 Å². The molecule has 0 spiro atoms. The predicted molar refractivity (Wildman–Crippen MR) is 98.5 cm³/mol. The summed E-state index contributed by atoms with van der Waals surface area (Å²) in [5.41, 5.74) is 2.93. The molecule has 0 aliphatic rings. The number of rotatable bonds is 8. The molecule has 0 aliphatic carbocycles. The van der Waals surface area contributed by atoms with Gasteiger partial charge in [0.1, 0.15) is 5.75 Å². The first-order valence-electron chi connectivity index (χ1n) is 7.86. The first-order chi connectivity index (χ1) is 11.1. The zero-order valence-electron chi connectivity index (χ0n) is 13.6. The summed E-state index contributed by atoms with van der Waals surface area (Å²) < 4.78 is 6.59. The van der Waals surface area contributed by atoms with E-state index in [0.717, 1.165) is 27.9 Å². The number of anilines is 1. The number of ether oxygens (including phenoxy) is 1. The Kier molecular flexibility index (Phi) is 6.66. The summed E-state index contributed by atoms with van der Waals surface area (Å²) in [6.07, 6.45) is 1.43. The summed E-state index contributed by atoms with van der Waals surface area (Å²) >= 11 is 3.51. The second-order valence-corrected chi connectivity index (χ2v) is 6.29. The SMILES string of the molecule is CCCOc1ccc(C(=O)CCNc2ccc(C)c(Br)c2)cc1. The molecule has 0 unspecified atom stereocenters. The minimum Gasteiger partial charge on any atom is -0.494 e. The number of hydrogen-bond donors (Lipinski definition) is 1. The van der Waals surface area contributed by atoms with Gasteiger partial charge in [0.2, 0.25) is 0 Å². The quantitative estimate of drug-likeness (QED) is 0.641. The lowest BCUT2D eigenvalue weighted by Crippen LogP contribution is -2.09. The van der Waals surface area contributed by atoms with Crippen molar-refractivity contribution in [3.63, 3.8) is 0 Å². The minimum absolute atomic E-state index is 0.130. The van der Waals surface area contributed by atoms with E-state index < -0.39 is 0 Å². The van der Waals surface area contributed by atoms with Crippen LogP contribution in [0, 0.1) is 6.92 Å². The van der Waals surface area contributed by atoms with E-state index >= 15 is 0 Å². The monoisotopic (exact) mass is 375 g/mol. The molecule has 122 valence electrons. The van der Waals surface area contributed by atoms with Crippen molar-refractivity contribution in [1.29, 1.82) is 0 Å². The van der Waals surface area contributed by atoms with Crippen molar-refractivity contribution in [1.82, 2.24) is 0 Å². The Bertz CT molecular complexity index is 653. The topological polar surface area (TPSA) is 38.3 Å². The van der Waals surface area contributed by atoms with Crippen LogP contribution in [0.5, 0.6) is 5.75 Å². The summed E-state index contributed by atoms with van der Waals surface area (Å²) in [4.78, 5) is 12.2. The Morgan fingerprint density at radius 3 is 2.57 bits per heavy atom. The molecule has 0 fully saturated rings. The first kappa shape index (κ1) is 17.5. The predicted octanol–water partition coefficient (Wildman–Crippen LogP) is 5.23. The van der Waals surface area contributed by atoms with Gasteiger partial charge in [0, 0.05) is 28.7 Å². The summed E-state index contributed by atoms with van der Waals surface area (Å²) in [6, 6.07) is 13.5. The lowest BCUT2D eigenvalue weighted by molar-refractivity contribution is 0.0986. The molecule has 0 radical (unpaired) electrons. The third-order valence-electron chi connectivity index (χ3n) is 3.50. The van der Waals surface area contributed by atoms with E-state index in [1.807, 2.05) is 49.4 Å². The number of hydrogen-bond acceptors (Lipinski definition) is 3. The maximum Gasteiger partial charge on any atom is 0.164 e. The Labute approximate surface area is 146 Å². The molecule has 4 heteroatoms. The van der Waals surface area contributed by atoms with Crippen molar-refractivity contribution in [2.45, 2.75) is 26.7 Å². The molecule has 0 atom stereocenters. The minimum atomic E-state index is 0.130. The third-order valence-corrected chi connectivity index (χ3v) is 4.36. The van der Waals surface area contributed by atoms with E-state index in [9.17, 15) is 4.79 Å². The number of halogens is 1. The third kappa shape index (κ3) is 5.39. The zero-order valence-corrected chi connectivity index (χ0v) is 15.2. The van der Waals surface area contributed by atoms with Crippen LogP contribution in [0.3, 0.4) is 0 Å². The molecule has 0 saturated carbocycles. The molecule has 0 aromatic heterocycles. The van der Waals surface area contributed by atoms with Crippen molar-refractivity contribution in [3.8, 4) is 5.75 Å². The highest BCUT2D eigenvalue weighted by Crippen LogP contribution is 2.20. The molecule has 3 nitrogen and oxygen atoms in total. The standard InChI is InChI=1S/C19H22BrNO2/c1-3-12-23-17-8-5-15(6-9-17)19(22)10-11-21-16-7-4-14(2)18(20)13-16/h4-9,13,21H,3,10-12H2,1-2H3. The lowest BCUT2D eigenvalue weighted by Gasteiger charge is -2.08. The number of nitrogens with one attached hydrogen (secondary N) is 1. The van der Waals surface area contributed by atoms with Crippen molar-refractivity contribution in [2.24, 2.45) is 0 Å². The molecule has 0 amide bonds. The number of ketones is 1. The molecule has 23 heavy (non-hydrogen) atoms. The Balaban J connectivity index is 1.83. The molecule has 2 aromatic carbocycles. The van der Waals surface area contributed by atoms with Gasteiger partial charge in [-0.25, -0.2) is 0 Å². The van der Waals surface area contributed by atoms with Crippen LogP contribution in [0.4, 0.5) is 5.69 Å². The van der Waals surface area contributed by atoms with E-state index in [4.69, 9.17) is 4.74 Å². The maximum atomic E-state index is 12.2. The van der Waals surface area contributed by atoms with Crippen molar-refractivity contribution in [3.05, 3.63) is 58.1 Å². The average Bonchev–Trinajstić information content (AvgIpc) is 2.56. The maximum absolute atomic E-state index is 12.2. The summed E-state index contributed by atoms with van der Waals surface area (Å²) in [5.74, 6) is 0.941. The number of carbonyl (C=O) groups excluding carboxylic acids is 1. The normalized spacial score (nSPS) is 10.4. The molecule has 0 heterocycles. The average molecular weight is 376 g/mol. The Morgan fingerprint density at radius 1 is 1.17 bits per heavy atom. The van der Waals surface area contributed by atoms with Gasteiger partial charge in [0.15, 0.2) is 5.78 Å². The smallest absolute Gasteiger partial charge is 0.164 e. The van der Waals surface area contributed by atoms with E-state index in [0.29, 0.717) is 19.6 Å². The molecule has 0 bridgehead atoms. The van der Waals surface area contributed by atoms with Gasteiger partial charge in [-0.3, -0.25) is 4.79 Å². The summed E-state index contributed by atoms with van der Waals surface area (Å²) in [7, 11) is 0. The number of aryl methyl sites for hydroxylation is 1. The number of benzene rings is 2. The molecular weight excluding hydrogens is 354 g/mol. The molecule has 0 aliphatic heterocycles. The Morgan fingerprint density at radius 2 is 1.91 bits per heavy atom. The lowest BCUT2D eigenvalue weighted by atomic mass is 10.1. The number of Topliss-reactive ketones (excluding diaryl/α,β-unsaturated/α-hetero) is 1. The van der Waals surface area contributed by atoms with Gasteiger partial charge in [-0.2, -0.15) is 0 Å². The highest BCUT2D eigenvalue weighted by Gasteiger charge is 2.06. The fourth-order valence-corrected chi connectivity index (χ4v) is 2.50. The largest absolute Gasteiger partial charge is 0.494 e. The van der Waals surface area contributed by atoms with E-state index in [-0.39, 0.29) is 5.78 Å². The van der Waals surface area contributed by atoms with Crippen LogP contribution in [0.2, 0.25) is 0 Å². The van der Waals surface area contributed by atoms with Crippen molar-refractivity contribution in [2.75, 3.05) is 18.5 Å². The second-order valence-electron chi connectivity index (χ2n) is 5.44.